The molecule has 1 rings (SSSR count). The first-order valence-electron chi connectivity index (χ1n) is 5.40. The topological polar surface area (TPSA) is 63.6 Å². The molecule has 0 heterocycles. The fourth-order valence-corrected chi connectivity index (χ4v) is 2.04. The van der Waals surface area contributed by atoms with Crippen LogP contribution in [0.25, 0.3) is 0 Å². The molecule has 90 valence electrons. The van der Waals surface area contributed by atoms with Crippen molar-refractivity contribution in [2.45, 2.75) is 27.7 Å². The monoisotopic (exact) mass is 226 g/mol. The smallest absolute Gasteiger partial charge is 0.333 e. The van der Waals surface area contributed by atoms with Gasteiger partial charge in [0, 0.05) is 5.57 Å². The van der Waals surface area contributed by atoms with E-state index in [4.69, 9.17) is 9.84 Å². The lowest BCUT2D eigenvalue weighted by atomic mass is 10.1. The molecule has 1 aliphatic rings. The molecular weight excluding hydrogens is 208 g/mol. The van der Waals surface area contributed by atoms with Crippen molar-refractivity contribution in [2.24, 2.45) is 17.3 Å². The number of hydrogen-bond acceptors (Lipinski definition) is 3. The summed E-state index contributed by atoms with van der Waals surface area (Å²) in [6.45, 7) is 7.52. The predicted octanol–water partition coefficient (Wildman–Crippen LogP) is 1.85. The normalized spacial score (nSPS) is 27.4. The van der Waals surface area contributed by atoms with E-state index in [-0.39, 0.29) is 17.3 Å². The fraction of sp³-hybridized carbons (Fsp3) is 0.667. The lowest BCUT2D eigenvalue weighted by Gasteiger charge is -2.02. The Bertz CT molecular complexity index is 341. The third-order valence-electron chi connectivity index (χ3n) is 3.20. The Balaban J connectivity index is 2.72. The number of ether oxygens (including phenoxy) is 1. The second-order valence-electron chi connectivity index (χ2n) is 4.73. The minimum Gasteiger partial charge on any atom is -0.481 e. The van der Waals surface area contributed by atoms with Crippen LogP contribution in [0.5, 0.6) is 0 Å². The van der Waals surface area contributed by atoms with Crippen molar-refractivity contribution in [1.29, 1.82) is 0 Å². The van der Waals surface area contributed by atoms with Crippen LogP contribution in [0, 0.1) is 17.3 Å². The van der Waals surface area contributed by atoms with Crippen LogP contribution in [-0.4, -0.2) is 23.7 Å². The van der Waals surface area contributed by atoms with Crippen molar-refractivity contribution in [3.05, 3.63) is 11.6 Å². The maximum absolute atomic E-state index is 11.4. The number of hydrogen-bond donors (Lipinski definition) is 1. The third kappa shape index (κ3) is 2.26. The first kappa shape index (κ1) is 12.7. The first-order chi connectivity index (χ1) is 7.32. The van der Waals surface area contributed by atoms with E-state index < -0.39 is 11.9 Å². The highest BCUT2D eigenvalue weighted by Gasteiger charge is 2.61. The summed E-state index contributed by atoms with van der Waals surface area (Å²) in [5.74, 6) is -1.64. The zero-order valence-corrected chi connectivity index (χ0v) is 10.1. The molecule has 0 radical (unpaired) electrons. The highest BCUT2D eigenvalue weighted by atomic mass is 16.5. The summed E-state index contributed by atoms with van der Waals surface area (Å²) in [6.07, 6.45) is 1.72. The fourth-order valence-electron chi connectivity index (χ4n) is 2.04. The van der Waals surface area contributed by atoms with E-state index in [1.54, 1.807) is 19.9 Å². The standard InChI is InChI=1S/C12H18O4/c1-5-16-11(15)7(2)6-8-9(10(13)14)12(8,3)4/h6,8-9H,5H2,1-4H3,(H,13,14)/b7-6-/t8?,9-/m0/s1. The predicted molar refractivity (Wildman–Crippen MR) is 58.8 cm³/mol. The molecule has 0 amide bonds. The number of carboxylic acids is 1. The van der Waals surface area contributed by atoms with Gasteiger partial charge in [-0.3, -0.25) is 4.79 Å². The minimum atomic E-state index is -0.803. The van der Waals surface area contributed by atoms with Gasteiger partial charge in [0.15, 0.2) is 0 Å². The average molecular weight is 226 g/mol. The zero-order chi connectivity index (χ0) is 12.5. The Morgan fingerprint density at radius 2 is 2.00 bits per heavy atom. The maximum Gasteiger partial charge on any atom is 0.333 e. The van der Waals surface area contributed by atoms with Crippen LogP contribution in [0.2, 0.25) is 0 Å². The molecule has 0 aromatic rings. The summed E-state index contributed by atoms with van der Waals surface area (Å²) in [7, 11) is 0. The van der Waals surface area contributed by atoms with Gasteiger partial charge in [-0.2, -0.15) is 0 Å². The van der Waals surface area contributed by atoms with Crippen LogP contribution in [0.4, 0.5) is 0 Å². The average Bonchev–Trinajstić information content (AvgIpc) is 2.68. The molecule has 0 aliphatic heterocycles. The molecule has 1 aliphatic carbocycles. The van der Waals surface area contributed by atoms with Crippen molar-refractivity contribution >= 4 is 11.9 Å². The zero-order valence-electron chi connectivity index (χ0n) is 10.1. The van der Waals surface area contributed by atoms with E-state index in [2.05, 4.69) is 0 Å². The highest BCUT2D eigenvalue weighted by molar-refractivity contribution is 5.88. The molecule has 16 heavy (non-hydrogen) atoms. The second-order valence-corrected chi connectivity index (χ2v) is 4.73. The summed E-state index contributed by atoms with van der Waals surface area (Å²) in [5, 5.41) is 8.97. The van der Waals surface area contributed by atoms with Gasteiger partial charge in [-0.05, 0) is 25.2 Å². The number of carbonyl (C=O) groups excluding carboxylic acids is 1. The molecule has 0 saturated heterocycles. The van der Waals surface area contributed by atoms with Crippen molar-refractivity contribution in [3.63, 3.8) is 0 Å². The van der Waals surface area contributed by atoms with Gasteiger partial charge in [-0.1, -0.05) is 19.9 Å². The number of carbonyl (C=O) groups is 2. The first-order valence-corrected chi connectivity index (χ1v) is 5.40. The van der Waals surface area contributed by atoms with Crippen molar-refractivity contribution in [2.75, 3.05) is 6.61 Å². The molecule has 1 unspecified atom stereocenters. The van der Waals surface area contributed by atoms with Crippen LogP contribution in [0.3, 0.4) is 0 Å². The molecule has 4 heteroatoms. The number of rotatable bonds is 4. The lowest BCUT2D eigenvalue weighted by molar-refractivity contribution is -0.140. The summed E-state index contributed by atoms with van der Waals surface area (Å²) in [5.41, 5.74) is 0.225. The van der Waals surface area contributed by atoms with Crippen molar-refractivity contribution in [1.82, 2.24) is 0 Å². The van der Waals surface area contributed by atoms with E-state index >= 15 is 0 Å². The molecule has 4 nitrogen and oxygen atoms in total. The Hall–Kier alpha value is -1.32. The van der Waals surface area contributed by atoms with E-state index in [9.17, 15) is 9.59 Å². The quantitative estimate of drug-likeness (QED) is 0.587. The molecule has 1 saturated carbocycles. The summed E-state index contributed by atoms with van der Waals surface area (Å²) in [6, 6.07) is 0. The van der Waals surface area contributed by atoms with Gasteiger partial charge in [-0.25, -0.2) is 4.79 Å². The molecular formula is C12H18O4. The number of carboxylic acid groups (broad SMARTS) is 1. The third-order valence-corrected chi connectivity index (χ3v) is 3.20. The molecule has 0 spiro atoms. The van der Waals surface area contributed by atoms with Gasteiger partial charge >= 0.3 is 11.9 Å². The van der Waals surface area contributed by atoms with Crippen LogP contribution >= 0.6 is 0 Å². The molecule has 1 N–H and O–H groups in total. The summed E-state index contributed by atoms with van der Waals surface area (Å²) < 4.78 is 4.84. The van der Waals surface area contributed by atoms with Gasteiger partial charge in [-0.15, -0.1) is 0 Å². The van der Waals surface area contributed by atoms with E-state index in [0.29, 0.717) is 12.2 Å². The maximum atomic E-state index is 11.4. The molecule has 2 atom stereocenters. The Morgan fingerprint density at radius 1 is 1.44 bits per heavy atom. The van der Waals surface area contributed by atoms with Crippen molar-refractivity contribution in [3.8, 4) is 0 Å². The van der Waals surface area contributed by atoms with E-state index in [0.717, 1.165) is 0 Å². The molecule has 1 fully saturated rings. The summed E-state index contributed by atoms with van der Waals surface area (Å²) >= 11 is 0. The van der Waals surface area contributed by atoms with Gasteiger partial charge < -0.3 is 9.84 Å². The van der Waals surface area contributed by atoms with Crippen LogP contribution in [-0.2, 0) is 14.3 Å². The number of aliphatic carboxylic acids is 1. The lowest BCUT2D eigenvalue weighted by Crippen LogP contribution is -2.06. The SMILES string of the molecule is CCOC(=O)/C(C)=C\C1[C@@H](C(=O)O)C1(C)C. The van der Waals surface area contributed by atoms with Gasteiger partial charge in [0.05, 0.1) is 12.5 Å². The van der Waals surface area contributed by atoms with Crippen LogP contribution in [0.15, 0.2) is 11.6 Å². The minimum absolute atomic E-state index is 0.0746. The Morgan fingerprint density at radius 3 is 2.38 bits per heavy atom. The van der Waals surface area contributed by atoms with E-state index in [1.807, 2.05) is 13.8 Å². The largest absolute Gasteiger partial charge is 0.481 e. The van der Waals surface area contributed by atoms with E-state index in [1.165, 1.54) is 0 Å². The number of esters is 1. The summed E-state index contributed by atoms with van der Waals surface area (Å²) in [4.78, 5) is 22.3. The van der Waals surface area contributed by atoms with Crippen LogP contribution in [0.1, 0.15) is 27.7 Å². The second kappa shape index (κ2) is 4.28. The molecule has 0 bridgehead atoms. The van der Waals surface area contributed by atoms with Gasteiger partial charge in [0.2, 0.25) is 0 Å². The Labute approximate surface area is 95.3 Å². The molecule has 0 aromatic carbocycles. The highest BCUT2D eigenvalue weighted by Crippen LogP contribution is 2.59. The van der Waals surface area contributed by atoms with Gasteiger partial charge in [0.1, 0.15) is 0 Å². The van der Waals surface area contributed by atoms with Gasteiger partial charge in [0.25, 0.3) is 0 Å². The molecule has 0 aromatic heterocycles. The van der Waals surface area contributed by atoms with Crippen LogP contribution < -0.4 is 0 Å². The number of allylic oxidation sites excluding steroid dienone is 1. The van der Waals surface area contributed by atoms with Crippen molar-refractivity contribution < 1.29 is 19.4 Å². The Kier molecular flexibility index (Phi) is 3.41.